The maximum atomic E-state index is 5.29. The van der Waals surface area contributed by atoms with E-state index in [1.807, 2.05) is 0 Å². The molecule has 2 nitrogen and oxygen atoms in total. The minimum atomic E-state index is 0.874. The Morgan fingerprint density at radius 3 is 2.12 bits per heavy atom. The first kappa shape index (κ1) is 14.7. The average Bonchev–Trinajstić information content (AvgIpc) is 2.34. The number of hydrogen-bond acceptors (Lipinski definition) is 4. The van der Waals surface area contributed by atoms with Gasteiger partial charge in [-0.1, -0.05) is 38.3 Å². The van der Waals surface area contributed by atoms with E-state index in [9.17, 15) is 0 Å². The molecule has 0 saturated heterocycles. The van der Waals surface area contributed by atoms with Gasteiger partial charge in [-0.2, -0.15) is 0 Å². The largest absolute Gasteiger partial charge is 0.372 e. The molecule has 0 heterocycles. The van der Waals surface area contributed by atoms with Crippen LogP contribution in [0.5, 0.6) is 0 Å². The van der Waals surface area contributed by atoms with Crippen molar-refractivity contribution < 1.29 is 0 Å². The molecule has 0 atom stereocenters. The minimum Gasteiger partial charge on any atom is -0.372 e. The zero-order chi connectivity index (χ0) is 13.0. The third-order valence-electron chi connectivity index (χ3n) is 3.24. The van der Waals surface area contributed by atoms with Gasteiger partial charge in [0.05, 0.1) is 14.7 Å². The van der Waals surface area contributed by atoms with Gasteiger partial charge in [0, 0.05) is 20.1 Å². The third-order valence-corrected chi connectivity index (χ3v) is 4.27. The van der Waals surface area contributed by atoms with Crippen molar-refractivity contribution in [3.63, 3.8) is 0 Å². The summed E-state index contributed by atoms with van der Waals surface area (Å²) in [7, 11) is 2.10. The monoisotopic (exact) mass is 270 g/mol. The lowest BCUT2D eigenvalue weighted by molar-refractivity contribution is 0.295. The van der Waals surface area contributed by atoms with E-state index in [4.69, 9.17) is 24.4 Å². The van der Waals surface area contributed by atoms with Crippen LogP contribution in [0, 0.1) is 15.9 Å². The summed E-state index contributed by atoms with van der Waals surface area (Å²) in [5.74, 6) is 0. The number of anilines is 1. The Kier molecular flexibility index (Phi) is 5.70. The molecule has 0 aliphatic carbocycles. The Bertz CT molecular complexity index is 433. The van der Waals surface area contributed by atoms with Crippen molar-refractivity contribution in [2.24, 2.45) is 0 Å². The van der Waals surface area contributed by atoms with Gasteiger partial charge in [-0.25, -0.2) is 0 Å². The smallest absolute Gasteiger partial charge is 0.0797 e. The second-order valence-corrected chi connectivity index (χ2v) is 5.30. The van der Waals surface area contributed by atoms with Gasteiger partial charge in [-0.3, -0.25) is 0 Å². The van der Waals surface area contributed by atoms with Crippen molar-refractivity contribution in [2.75, 3.05) is 38.1 Å². The standard InChI is InChI=1S/C13H22N2S2/c1-5-7-15(6-2)9-8-14(4)11-10(3)12(16)13(11)17/h5-9H2,1-4H3. The second kappa shape index (κ2) is 6.57. The summed E-state index contributed by atoms with van der Waals surface area (Å²) in [6, 6.07) is 0. The number of nitrogens with zero attached hydrogens (tertiary/aromatic N) is 2. The van der Waals surface area contributed by atoms with E-state index in [1.54, 1.807) is 0 Å². The van der Waals surface area contributed by atoms with Gasteiger partial charge >= 0.3 is 0 Å². The first-order valence-electron chi connectivity index (χ1n) is 6.26. The summed E-state index contributed by atoms with van der Waals surface area (Å²) >= 11 is 10.5. The highest BCUT2D eigenvalue weighted by molar-refractivity contribution is 7.74. The molecule has 0 bridgehead atoms. The van der Waals surface area contributed by atoms with Gasteiger partial charge in [0.25, 0.3) is 0 Å². The van der Waals surface area contributed by atoms with Crippen LogP contribution in [0.3, 0.4) is 0 Å². The summed E-state index contributed by atoms with van der Waals surface area (Å²) in [6.07, 6.45) is 1.21. The Labute approximate surface area is 115 Å². The molecule has 0 amide bonds. The van der Waals surface area contributed by atoms with E-state index >= 15 is 0 Å². The Hall–Kier alpha value is -0.320. The van der Waals surface area contributed by atoms with E-state index < -0.39 is 0 Å². The van der Waals surface area contributed by atoms with Crippen LogP contribution in [-0.4, -0.2) is 38.1 Å². The molecule has 0 fully saturated rings. The van der Waals surface area contributed by atoms with Crippen molar-refractivity contribution in [1.82, 2.24) is 4.90 Å². The van der Waals surface area contributed by atoms with Gasteiger partial charge < -0.3 is 9.80 Å². The van der Waals surface area contributed by atoms with Crippen molar-refractivity contribution >= 4 is 30.1 Å². The molecule has 96 valence electrons. The molecule has 0 spiro atoms. The molecule has 0 radical (unpaired) electrons. The fraction of sp³-hybridized carbons (Fsp3) is 0.692. The first-order chi connectivity index (χ1) is 8.02. The molecule has 1 aromatic rings. The maximum Gasteiger partial charge on any atom is 0.0797 e. The summed E-state index contributed by atoms with van der Waals surface area (Å²) in [6.45, 7) is 10.9. The van der Waals surface area contributed by atoms with Crippen molar-refractivity contribution in [2.45, 2.75) is 27.2 Å². The summed E-state index contributed by atoms with van der Waals surface area (Å²) in [4.78, 5) is 4.71. The molecule has 0 aliphatic heterocycles. The molecule has 0 unspecified atom stereocenters. The molecule has 0 saturated carbocycles. The number of rotatable bonds is 7. The summed E-state index contributed by atoms with van der Waals surface area (Å²) < 4.78 is 1.75. The lowest BCUT2D eigenvalue weighted by Gasteiger charge is -2.27. The predicted octanol–water partition coefficient (Wildman–Crippen LogP) is 3.50. The highest BCUT2D eigenvalue weighted by Gasteiger charge is 2.14. The second-order valence-electron chi connectivity index (χ2n) is 4.49. The Balaban J connectivity index is 2.53. The molecular weight excluding hydrogens is 248 g/mol. The Morgan fingerprint density at radius 1 is 1.00 bits per heavy atom. The zero-order valence-electron chi connectivity index (χ0n) is 11.2. The van der Waals surface area contributed by atoms with Crippen LogP contribution >= 0.6 is 24.4 Å². The normalized spacial score (nSPS) is 11.4. The zero-order valence-corrected chi connectivity index (χ0v) is 12.9. The topological polar surface area (TPSA) is 6.48 Å². The van der Waals surface area contributed by atoms with Gasteiger partial charge in [0.2, 0.25) is 0 Å². The highest BCUT2D eigenvalue weighted by atomic mass is 32.1. The maximum absolute atomic E-state index is 5.29. The van der Waals surface area contributed by atoms with Crippen LogP contribution in [0.2, 0.25) is 0 Å². The molecule has 17 heavy (non-hydrogen) atoms. The lowest BCUT2D eigenvalue weighted by Crippen LogP contribution is -2.34. The predicted molar refractivity (Wildman–Crippen MR) is 80.9 cm³/mol. The van der Waals surface area contributed by atoms with Gasteiger partial charge in [0.15, 0.2) is 0 Å². The fourth-order valence-corrected chi connectivity index (χ4v) is 2.76. The van der Waals surface area contributed by atoms with E-state index in [0.29, 0.717) is 0 Å². The summed E-state index contributed by atoms with van der Waals surface area (Å²) in [5, 5.41) is 0. The van der Waals surface area contributed by atoms with Crippen LogP contribution in [0.15, 0.2) is 0 Å². The third kappa shape index (κ3) is 3.33. The minimum absolute atomic E-state index is 0.874. The SMILES string of the molecule is CCCN(CC)CCN(C)c1c(C)c(=S)c1=S. The fourth-order valence-electron chi connectivity index (χ4n) is 2.10. The molecule has 1 aromatic carbocycles. The molecule has 0 aromatic heterocycles. The van der Waals surface area contributed by atoms with Crippen LogP contribution in [0.4, 0.5) is 5.69 Å². The van der Waals surface area contributed by atoms with Gasteiger partial charge in [-0.15, -0.1) is 0 Å². The Morgan fingerprint density at radius 2 is 1.65 bits per heavy atom. The van der Waals surface area contributed by atoms with Gasteiger partial charge in [-0.05, 0) is 32.0 Å². The molecule has 0 aliphatic rings. The van der Waals surface area contributed by atoms with E-state index in [0.717, 1.165) is 28.7 Å². The highest BCUT2D eigenvalue weighted by Crippen LogP contribution is 2.28. The summed E-state index contributed by atoms with van der Waals surface area (Å²) in [5.41, 5.74) is 2.36. The molecular formula is C13H22N2S2. The van der Waals surface area contributed by atoms with Crippen molar-refractivity contribution in [1.29, 1.82) is 0 Å². The quantitative estimate of drug-likeness (QED) is 0.699. The van der Waals surface area contributed by atoms with Crippen LogP contribution in [0.25, 0.3) is 0 Å². The first-order valence-corrected chi connectivity index (χ1v) is 7.07. The van der Waals surface area contributed by atoms with E-state index in [1.165, 1.54) is 24.2 Å². The van der Waals surface area contributed by atoms with Gasteiger partial charge in [0.1, 0.15) is 0 Å². The van der Waals surface area contributed by atoms with Crippen molar-refractivity contribution in [3.8, 4) is 0 Å². The van der Waals surface area contributed by atoms with Crippen LogP contribution in [0.1, 0.15) is 25.8 Å². The van der Waals surface area contributed by atoms with Crippen LogP contribution < -0.4 is 4.90 Å². The van der Waals surface area contributed by atoms with Crippen LogP contribution in [-0.2, 0) is 0 Å². The average molecular weight is 270 g/mol. The lowest BCUT2D eigenvalue weighted by atomic mass is 10.1. The van der Waals surface area contributed by atoms with Crippen molar-refractivity contribution in [3.05, 3.63) is 14.6 Å². The molecule has 4 heteroatoms. The van der Waals surface area contributed by atoms with E-state index in [-0.39, 0.29) is 0 Å². The number of likely N-dealkylation sites (N-methyl/N-ethyl adjacent to an activating group) is 2. The number of hydrogen-bond donors (Lipinski definition) is 0. The molecule has 1 rings (SSSR count). The van der Waals surface area contributed by atoms with E-state index in [2.05, 4.69) is 37.6 Å². The molecule has 0 N–H and O–H groups in total.